The molecule has 24 heavy (non-hydrogen) atoms. The van der Waals surface area contributed by atoms with Gasteiger partial charge in [0.2, 0.25) is 0 Å². The second-order valence-corrected chi connectivity index (χ2v) is 6.22. The van der Waals surface area contributed by atoms with Gasteiger partial charge < -0.3 is 0 Å². The van der Waals surface area contributed by atoms with Crippen molar-refractivity contribution in [3.05, 3.63) is 70.6 Å². The smallest absolute Gasteiger partial charge is 0.133 e. The Morgan fingerprint density at radius 1 is 0.875 bits per heavy atom. The van der Waals surface area contributed by atoms with Crippen LogP contribution in [0, 0.1) is 6.92 Å². The molecule has 0 atom stereocenters. The van der Waals surface area contributed by atoms with E-state index >= 15 is 0 Å². The highest BCUT2D eigenvalue weighted by Crippen LogP contribution is 2.33. The highest BCUT2D eigenvalue weighted by molar-refractivity contribution is 6.32. The van der Waals surface area contributed by atoms with Crippen molar-refractivity contribution in [2.24, 2.45) is 0 Å². The van der Waals surface area contributed by atoms with E-state index in [1.54, 1.807) is 6.33 Å². The van der Waals surface area contributed by atoms with Crippen LogP contribution in [0.3, 0.4) is 0 Å². The van der Waals surface area contributed by atoms with E-state index in [-0.39, 0.29) is 0 Å². The monoisotopic (exact) mass is 354 g/mol. The molecular formula is C18H12Cl2N4. The molecule has 118 valence electrons. The van der Waals surface area contributed by atoms with Gasteiger partial charge in [-0.2, -0.15) is 5.10 Å². The normalized spacial score (nSPS) is 11.1. The van der Waals surface area contributed by atoms with Crippen LogP contribution in [0.4, 0.5) is 0 Å². The highest BCUT2D eigenvalue weighted by atomic mass is 35.5. The van der Waals surface area contributed by atoms with Crippen molar-refractivity contribution in [2.75, 3.05) is 0 Å². The van der Waals surface area contributed by atoms with Crippen molar-refractivity contribution in [3.8, 4) is 16.9 Å². The molecule has 2 aromatic heterocycles. The van der Waals surface area contributed by atoms with Gasteiger partial charge >= 0.3 is 0 Å². The summed E-state index contributed by atoms with van der Waals surface area (Å²) >= 11 is 12.4. The molecule has 0 spiro atoms. The van der Waals surface area contributed by atoms with Gasteiger partial charge in [0, 0.05) is 10.6 Å². The average Bonchev–Trinajstić information content (AvgIpc) is 2.97. The lowest BCUT2D eigenvalue weighted by Gasteiger charge is -2.09. The summed E-state index contributed by atoms with van der Waals surface area (Å²) in [5, 5.41) is 6.01. The lowest BCUT2D eigenvalue weighted by atomic mass is 10.1. The van der Waals surface area contributed by atoms with E-state index in [2.05, 4.69) is 9.97 Å². The van der Waals surface area contributed by atoms with Crippen LogP contribution in [-0.2, 0) is 0 Å². The first kappa shape index (κ1) is 15.1. The SMILES string of the molecule is Cc1ncnc2c(-c3ccc(Cl)cc3)n(-c3ccccc3Cl)nc12. The third kappa shape index (κ3) is 2.44. The van der Waals surface area contributed by atoms with Gasteiger partial charge in [-0.05, 0) is 31.2 Å². The van der Waals surface area contributed by atoms with E-state index in [4.69, 9.17) is 28.3 Å². The third-order valence-electron chi connectivity index (χ3n) is 3.84. The van der Waals surface area contributed by atoms with Gasteiger partial charge in [-0.1, -0.05) is 47.5 Å². The van der Waals surface area contributed by atoms with E-state index in [1.165, 1.54) is 0 Å². The van der Waals surface area contributed by atoms with Gasteiger partial charge in [0.25, 0.3) is 0 Å². The maximum Gasteiger partial charge on any atom is 0.133 e. The summed E-state index contributed by atoms with van der Waals surface area (Å²) in [6, 6.07) is 15.2. The number of para-hydroxylation sites is 1. The Morgan fingerprint density at radius 2 is 1.62 bits per heavy atom. The first-order chi connectivity index (χ1) is 11.6. The molecule has 0 fully saturated rings. The molecule has 0 radical (unpaired) electrons. The van der Waals surface area contributed by atoms with Crippen molar-refractivity contribution in [1.82, 2.24) is 19.7 Å². The lowest BCUT2D eigenvalue weighted by molar-refractivity contribution is 0.901. The Labute approximate surface area is 148 Å². The summed E-state index contributed by atoms with van der Waals surface area (Å²) in [7, 11) is 0. The summed E-state index contributed by atoms with van der Waals surface area (Å²) in [5.74, 6) is 0. The third-order valence-corrected chi connectivity index (χ3v) is 4.41. The Balaban J connectivity index is 2.10. The Bertz CT molecular complexity index is 1040. The van der Waals surface area contributed by atoms with Crippen LogP contribution in [0.15, 0.2) is 54.9 Å². The minimum atomic E-state index is 0.617. The standard InChI is InChI=1S/C18H12Cl2N4/c1-11-16-17(22-10-21-11)18(12-6-8-13(19)9-7-12)24(23-16)15-5-3-2-4-14(15)20/h2-10H,1H3. The van der Waals surface area contributed by atoms with E-state index in [9.17, 15) is 0 Å². The Hall–Kier alpha value is -2.43. The average molecular weight is 355 g/mol. The number of nitrogens with zero attached hydrogens (tertiary/aromatic N) is 4. The van der Waals surface area contributed by atoms with E-state index < -0.39 is 0 Å². The minimum absolute atomic E-state index is 0.617. The molecule has 4 rings (SSSR count). The maximum absolute atomic E-state index is 6.39. The number of aryl methyl sites for hydroxylation is 1. The van der Waals surface area contributed by atoms with Crippen LogP contribution in [0.2, 0.25) is 10.0 Å². The summed E-state index contributed by atoms with van der Waals surface area (Å²) in [6.45, 7) is 1.92. The summed E-state index contributed by atoms with van der Waals surface area (Å²) < 4.78 is 1.82. The molecule has 6 heteroatoms. The number of benzene rings is 2. The van der Waals surface area contributed by atoms with Gasteiger partial charge in [-0.3, -0.25) is 0 Å². The fourth-order valence-corrected chi connectivity index (χ4v) is 3.02. The number of hydrogen-bond donors (Lipinski definition) is 0. The molecule has 0 saturated carbocycles. The fourth-order valence-electron chi connectivity index (χ4n) is 2.67. The summed E-state index contributed by atoms with van der Waals surface area (Å²) in [6.07, 6.45) is 1.55. The zero-order chi connectivity index (χ0) is 16.7. The molecule has 0 N–H and O–H groups in total. The van der Waals surface area contributed by atoms with Gasteiger partial charge in [0.15, 0.2) is 0 Å². The van der Waals surface area contributed by atoms with Crippen molar-refractivity contribution < 1.29 is 0 Å². The largest absolute Gasteiger partial charge is 0.239 e. The quantitative estimate of drug-likeness (QED) is 0.503. The second kappa shape index (κ2) is 5.89. The molecule has 0 amide bonds. The molecule has 2 aromatic carbocycles. The number of rotatable bonds is 2. The molecule has 0 aliphatic rings. The molecule has 0 aliphatic heterocycles. The van der Waals surface area contributed by atoms with Crippen molar-refractivity contribution >= 4 is 34.2 Å². The number of fused-ring (bicyclic) bond motifs is 1. The Morgan fingerprint density at radius 3 is 2.38 bits per heavy atom. The van der Waals surface area contributed by atoms with Crippen LogP contribution in [0.1, 0.15) is 5.69 Å². The van der Waals surface area contributed by atoms with Gasteiger partial charge in [-0.15, -0.1) is 0 Å². The topological polar surface area (TPSA) is 43.6 Å². The van der Waals surface area contributed by atoms with Crippen LogP contribution in [0.5, 0.6) is 0 Å². The molecule has 0 bridgehead atoms. The van der Waals surface area contributed by atoms with Crippen molar-refractivity contribution in [2.45, 2.75) is 6.92 Å². The predicted octanol–water partition coefficient (Wildman–Crippen LogP) is 5.10. The molecule has 0 aliphatic carbocycles. The first-order valence-corrected chi connectivity index (χ1v) is 8.12. The van der Waals surface area contributed by atoms with Gasteiger partial charge in [-0.25, -0.2) is 14.6 Å². The van der Waals surface area contributed by atoms with E-state index in [1.807, 2.05) is 60.1 Å². The zero-order valence-electron chi connectivity index (χ0n) is 12.7. The second-order valence-electron chi connectivity index (χ2n) is 5.38. The molecule has 0 unspecified atom stereocenters. The fraction of sp³-hybridized carbons (Fsp3) is 0.0556. The van der Waals surface area contributed by atoms with E-state index in [0.29, 0.717) is 10.0 Å². The van der Waals surface area contributed by atoms with Crippen LogP contribution in [0.25, 0.3) is 28.0 Å². The van der Waals surface area contributed by atoms with Crippen molar-refractivity contribution in [1.29, 1.82) is 0 Å². The minimum Gasteiger partial charge on any atom is -0.239 e. The first-order valence-electron chi connectivity index (χ1n) is 7.36. The van der Waals surface area contributed by atoms with Crippen LogP contribution < -0.4 is 0 Å². The van der Waals surface area contributed by atoms with Crippen LogP contribution >= 0.6 is 23.2 Å². The molecular weight excluding hydrogens is 343 g/mol. The zero-order valence-corrected chi connectivity index (χ0v) is 14.3. The molecule has 0 saturated heterocycles. The summed E-state index contributed by atoms with van der Waals surface area (Å²) in [5.41, 5.74) is 4.97. The number of halogens is 2. The molecule has 4 nitrogen and oxygen atoms in total. The Kier molecular flexibility index (Phi) is 3.71. The highest BCUT2D eigenvalue weighted by Gasteiger charge is 2.19. The van der Waals surface area contributed by atoms with Crippen molar-refractivity contribution in [3.63, 3.8) is 0 Å². The molecule has 4 aromatic rings. The molecule has 2 heterocycles. The van der Waals surface area contributed by atoms with Gasteiger partial charge in [0.1, 0.15) is 23.1 Å². The van der Waals surface area contributed by atoms with Crippen LogP contribution in [-0.4, -0.2) is 19.7 Å². The van der Waals surface area contributed by atoms with E-state index in [0.717, 1.165) is 33.7 Å². The maximum atomic E-state index is 6.39. The number of aromatic nitrogens is 4. The predicted molar refractivity (Wildman–Crippen MR) is 96.9 cm³/mol. The number of hydrogen-bond acceptors (Lipinski definition) is 3. The summed E-state index contributed by atoms with van der Waals surface area (Å²) in [4.78, 5) is 8.69. The lowest BCUT2D eigenvalue weighted by Crippen LogP contribution is -2.00. The van der Waals surface area contributed by atoms with Gasteiger partial charge in [0.05, 0.1) is 16.4 Å².